The van der Waals surface area contributed by atoms with Crippen molar-refractivity contribution in [1.82, 2.24) is 0 Å². The van der Waals surface area contributed by atoms with E-state index >= 15 is 0 Å². The van der Waals surface area contributed by atoms with E-state index in [-0.39, 0.29) is 11.8 Å². The molecule has 6 rings (SSSR count). The lowest BCUT2D eigenvalue weighted by atomic mass is 9.89. The predicted octanol–water partition coefficient (Wildman–Crippen LogP) is 6.71. The van der Waals surface area contributed by atoms with Crippen LogP contribution in [0.1, 0.15) is 75.3 Å². The van der Waals surface area contributed by atoms with Crippen LogP contribution in [-0.4, -0.2) is 11.8 Å². The number of fused-ring (bicyclic) bond motifs is 2. The van der Waals surface area contributed by atoms with Crippen LogP contribution in [-0.2, 0) is 9.59 Å². The second-order valence-corrected chi connectivity index (χ2v) is 9.08. The highest BCUT2D eigenvalue weighted by Crippen LogP contribution is 2.39. The maximum Gasteiger partial charge on any atom is 0.256 e. The fourth-order valence-corrected chi connectivity index (χ4v) is 5.39. The molecule has 32 heavy (non-hydrogen) atoms. The van der Waals surface area contributed by atoms with Crippen LogP contribution in [0, 0.1) is 0 Å². The van der Waals surface area contributed by atoms with Crippen LogP contribution < -0.4 is 10.6 Å². The number of anilines is 2. The van der Waals surface area contributed by atoms with Crippen LogP contribution in [0.15, 0.2) is 59.7 Å². The lowest BCUT2D eigenvalue weighted by molar-refractivity contribution is -0.111. The minimum Gasteiger partial charge on any atom is -0.321 e. The molecule has 0 aromatic heterocycles. The summed E-state index contributed by atoms with van der Waals surface area (Å²) in [7, 11) is 0. The van der Waals surface area contributed by atoms with Crippen LogP contribution in [0.5, 0.6) is 0 Å². The number of benzene rings is 2. The molecule has 2 aliphatic carbocycles. The monoisotopic (exact) mass is 426 g/mol. The van der Waals surface area contributed by atoms with Gasteiger partial charge in [0.05, 0.1) is 0 Å². The molecular weight excluding hydrogens is 396 g/mol. The zero-order chi connectivity index (χ0) is 21.9. The predicted molar refractivity (Wildman–Crippen MR) is 130 cm³/mol. The summed E-state index contributed by atoms with van der Waals surface area (Å²) in [5.74, 6) is 0.191. The van der Waals surface area contributed by atoms with Gasteiger partial charge >= 0.3 is 0 Å². The number of carbonyl (C=O) groups is 2. The topological polar surface area (TPSA) is 58.2 Å². The van der Waals surface area contributed by atoms with Gasteiger partial charge in [-0.1, -0.05) is 60.4 Å². The minimum atomic E-state index is 0.0955. The SMILES string of the molecule is O=C1Nc2ccccc2C1=C1CCCCC1.O=C1Nc2ccccc2C1=C1CCCCC1. The molecule has 2 aromatic carbocycles. The van der Waals surface area contributed by atoms with Crippen LogP contribution in [0.4, 0.5) is 11.4 Å². The fourth-order valence-electron chi connectivity index (χ4n) is 5.39. The van der Waals surface area contributed by atoms with Gasteiger partial charge < -0.3 is 10.6 Å². The average molecular weight is 427 g/mol. The van der Waals surface area contributed by atoms with Crippen molar-refractivity contribution in [3.05, 3.63) is 70.8 Å². The molecule has 2 aliphatic heterocycles. The third-order valence-corrected chi connectivity index (χ3v) is 6.96. The molecule has 2 heterocycles. The Kier molecular flexibility index (Phi) is 5.93. The molecule has 4 nitrogen and oxygen atoms in total. The number of rotatable bonds is 0. The largest absolute Gasteiger partial charge is 0.321 e. The lowest BCUT2D eigenvalue weighted by Crippen LogP contribution is -2.07. The third kappa shape index (κ3) is 4.02. The highest BCUT2D eigenvalue weighted by atomic mass is 16.2. The summed E-state index contributed by atoms with van der Waals surface area (Å²) in [6.07, 6.45) is 11.9. The standard InChI is InChI=1S/2C14H15NO/c2*16-14-13(10-6-2-1-3-7-10)11-8-4-5-9-12(11)15-14/h2*4-5,8-9H,1-3,6-7H2,(H,15,16). The maximum absolute atomic E-state index is 12.0. The first-order chi connectivity index (χ1) is 15.7. The minimum absolute atomic E-state index is 0.0955. The molecule has 4 aliphatic rings. The number of nitrogens with one attached hydrogen (secondary N) is 2. The molecular formula is C28H30N2O2. The number of carbonyl (C=O) groups excluding carboxylic acids is 2. The van der Waals surface area contributed by atoms with E-state index < -0.39 is 0 Å². The van der Waals surface area contributed by atoms with E-state index in [1.807, 2.05) is 48.5 Å². The van der Waals surface area contributed by atoms with Crippen LogP contribution in [0.2, 0.25) is 0 Å². The van der Waals surface area contributed by atoms with Gasteiger partial charge in [-0.15, -0.1) is 0 Å². The molecule has 4 heteroatoms. The van der Waals surface area contributed by atoms with Gasteiger partial charge in [-0.25, -0.2) is 0 Å². The number of para-hydroxylation sites is 2. The van der Waals surface area contributed by atoms with Gasteiger partial charge in [0.15, 0.2) is 0 Å². The molecule has 0 radical (unpaired) electrons. The normalized spacial score (nSPS) is 19.6. The Labute approximate surface area is 189 Å². The number of hydrogen-bond acceptors (Lipinski definition) is 2. The van der Waals surface area contributed by atoms with Gasteiger partial charge in [0.2, 0.25) is 0 Å². The van der Waals surface area contributed by atoms with E-state index in [1.165, 1.54) is 49.7 Å². The van der Waals surface area contributed by atoms with Crippen molar-refractivity contribution in [3.8, 4) is 0 Å². The fraction of sp³-hybridized carbons (Fsp3) is 0.357. The summed E-state index contributed by atoms with van der Waals surface area (Å²) in [4.78, 5) is 23.9. The van der Waals surface area contributed by atoms with Crippen molar-refractivity contribution in [3.63, 3.8) is 0 Å². The van der Waals surface area contributed by atoms with E-state index in [0.717, 1.165) is 59.3 Å². The van der Waals surface area contributed by atoms with E-state index in [2.05, 4.69) is 10.6 Å². The second kappa shape index (κ2) is 9.15. The van der Waals surface area contributed by atoms with Gasteiger partial charge in [-0.2, -0.15) is 0 Å². The number of hydrogen-bond donors (Lipinski definition) is 2. The van der Waals surface area contributed by atoms with Crippen molar-refractivity contribution < 1.29 is 9.59 Å². The van der Waals surface area contributed by atoms with E-state index in [1.54, 1.807) is 0 Å². The van der Waals surface area contributed by atoms with Crippen LogP contribution in [0.3, 0.4) is 0 Å². The maximum atomic E-state index is 12.0. The first-order valence-corrected chi connectivity index (χ1v) is 12.0. The molecule has 2 saturated carbocycles. The quantitative estimate of drug-likeness (QED) is 0.460. The van der Waals surface area contributed by atoms with Crippen LogP contribution >= 0.6 is 0 Å². The number of allylic oxidation sites excluding steroid dienone is 2. The molecule has 2 aromatic rings. The first-order valence-electron chi connectivity index (χ1n) is 12.0. The highest BCUT2D eigenvalue weighted by Gasteiger charge is 2.28. The summed E-state index contributed by atoms with van der Waals surface area (Å²) >= 11 is 0. The first kappa shape index (κ1) is 20.7. The highest BCUT2D eigenvalue weighted by molar-refractivity contribution is 6.32. The van der Waals surface area contributed by atoms with Crippen molar-refractivity contribution in [2.45, 2.75) is 64.2 Å². The molecule has 2 amide bonds. The average Bonchev–Trinajstić information content (AvgIpc) is 3.35. The third-order valence-electron chi connectivity index (χ3n) is 6.96. The summed E-state index contributed by atoms with van der Waals surface area (Å²) in [5, 5.41) is 5.90. The molecule has 2 fully saturated rings. The van der Waals surface area contributed by atoms with E-state index in [9.17, 15) is 9.59 Å². The molecule has 0 spiro atoms. The van der Waals surface area contributed by atoms with Gasteiger partial charge in [0.25, 0.3) is 11.8 Å². The molecule has 0 atom stereocenters. The second-order valence-electron chi connectivity index (χ2n) is 9.08. The molecule has 164 valence electrons. The van der Waals surface area contributed by atoms with Gasteiger partial charge in [-0.05, 0) is 63.5 Å². The molecule has 2 N–H and O–H groups in total. The zero-order valence-electron chi connectivity index (χ0n) is 18.5. The number of amides is 2. The van der Waals surface area contributed by atoms with Crippen molar-refractivity contribution in [2.75, 3.05) is 10.6 Å². The van der Waals surface area contributed by atoms with Gasteiger partial charge in [0.1, 0.15) is 0 Å². The molecule has 0 bridgehead atoms. The zero-order valence-corrected chi connectivity index (χ0v) is 18.5. The summed E-state index contributed by atoms with van der Waals surface area (Å²) in [6, 6.07) is 16.0. The van der Waals surface area contributed by atoms with Crippen molar-refractivity contribution in [2.24, 2.45) is 0 Å². The molecule has 0 unspecified atom stereocenters. The Hall–Kier alpha value is -3.14. The summed E-state index contributed by atoms with van der Waals surface area (Å²) < 4.78 is 0. The van der Waals surface area contributed by atoms with E-state index in [0.29, 0.717) is 0 Å². The lowest BCUT2D eigenvalue weighted by Gasteiger charge is -2.15. The Morgan fingerprint density at radius 2 is 0.875 bits per heavy atom. The molecule has 0 saturated heterocycles. The Morgan fingerprint density at radius 3 is 1.28 bits per heavy atom. The summed E-state index contributed by atoms with van der Waals surface area (Å²) in [5.41, 5.74) is 8.77. The van der Waals surface area contributed by atoms with Crippen molar-refractivity contribution >= 4 is 34.3 Å². The van der Waals surface area contributed by atoms with Gasteiger partial charge in [0, 0.05) is 33.6 Å². The Bertz CT molecular complexity index is 1020. The summed E-state index contributed by atoms with van der Waals surface area (Å²) in [6.45, 7) is 0. The Morgan fingerprint density at radius 1 is 0.500 bits per heavy atom. The van der Waals surface area contributed by atoms with Gasteiger partial charge in [-0.3, -0.25) is 9.59 Å². The smallest absolute Gasteiger partial charge is 0.256 e. The van der Waals surface area contributed by atoms with Crippen LogP contribution in [0.25, 0.3) is 11.1 Å². The van der Waals surface area contributed by atoms with E-state index in [4.69, 9.17) is 0 Å². The Balaban J connectivity index is 0.000000135. The van der Waals surface area contributed by atoms with Crippen molar-refractivity contribution in [1.29, 1.82) is 0 Å².